The van der Waals surface area contributed by atoms with Crippen molar-refractivity contribution in [2.45, 2.75) is 45.4 Å². The van der Waals surface area contributed by atoms with Gasteiger partial charge in [-0.25, -0.2) is 0 Å². The second-order valence-corrected chi connectivity index (χ2v) is 6.65. The van der Waals surface area contributed by atoms with Gasteiger partial charge < -0.3 is 16.4 Å². The first-order valence-corrected chi connectivity index (χ1v) is 8.08. The monoisotopic (exact) mass is 287 g/mol. The quantitative estimate of drug-likeness (QED) is 0.746. The fraction of sp³-hybridized carbons (Fsp3) is 0.588. The Morgan fingerprint density at radius 1 is 1.24 bits per heavy atom. The lowest BCUT2D eigenvalue weighted by molar-refractivity contribution is -0.116. The summed E-state index contributed by atoms with van der Waals surface area (Å²) >= 11 is 0. The molecule has 1 aromatic carbocycles. The van der Waals surface area contributed by atoms with E-state index >= 15 is 0 Å². The molecule has 21 heavy (non-hydrogen) atoms. The van der Waals surface area contributed by atoms with Crippen LogP contribution in [-0.2, 0) is 11.2 Å². The highest BCUT2D eigenvalue weighted by Gasteiger charge is 2.19. The average molecular weight is 287 g/mol. The summed E-state index contributed by atoms with van der Waals surface area (Å²) in [5.74, 6) is 1.72. The number of anilines is 3. The molecule has 114 valence electrons. The molecule has 0 saturated heterocycles. The van der Waals surface area contributed by atoms with Crippen LogP contribution in [0, 0.1) is 11.8 Å². The van der Waals surface area contributed by atoms with Crippen molar-refractivity contribution >= 4 is 23.0 Å². The summed E-state index contributed by atoms with van der Waals surface area (Å²) in [6.07, 6.45) is 6.61. The summed E-state index contributed by atoms with van der Waals surface area (Å²) in [4.78, 5) is 11.5. The molecular weight excluding hydrogens is 262 g/mol. The lowest BCUT2D eigenvalue weighted by Gasteiger charge is -2.27. The number of aryl methyl sites for hydroxylation is 1. The van der Waals surface area contributed by atoms with E-state index in [0.29, 0.717) is 6.42 Å². The minimum absolute atomic E-state index is 0.0967. The van der Waals surface area contributed by atoms with Gasteiger partial charge in [0.15, 0.2) is 0 Å². The number of amides is 1. The minimum atomic E-state index is 0.0967. The third-order valence-electron chi connectivity index (χ3n) is 4.89. The van der Waals surface area contributed by atoms with E-state index in [4.69, 9.17) is 5.73 Å². The first-order valence-electron chi connectivity index (χ1n) is 8.08. The molecule has 1 fully saturated rings. The number of carbonyl (C=O) groups is 1. The Morgan fingerprint density at radius 3 is 2.76 bits per heavy atom. The molecule has 0 radical (unpaired) electrons. The van der Waals surface area contributed by atoms with Crippen molar-refractivity contribution in [2.75, 3.05) is 22.9 Å². The highest BCUT2D eigenvalue weighted by Crippen LogP contribution is 2.32. The van der Waals surface area contributed by atoms with E-state index in [1.165, 1.54) is 25.7 Å². The zero-order chi connectivity index (χ0) is 14.8. The minimum Gasteiger partial charge on any atom is -0.397 e. The number of nitrogens with two attached hydrogens (primary N) is 1. The van der Waals surface area contributed by atoms with Crippen LogP contribution in [-0.4, -0.2) is 12.5 Å². The topological polar surface area (TPSA) is 67.1 Å². The molecule has 1 aliphatic carbocycles. The molecule has 3 rings (SSSR count). The molecule has 0 unspecified atom stereocenters. The second kappa shape index (κ2) is 5.96. The van der Waals surface area contributed by atoms with Crippen molar-refractivity contribution in [3.05, 3.63) is 17.7 Å². The Labute approximate surface area is 126 Å². The maximum Gasteiger partial charge on any atom is 0.224 e. The number of carbonyl (C=O) groups excluding carboxylic acids is 1. The van der Waals surface area contributed by atoms with Crippen molar-refractivity contribution in [1.29, 1.82) is 0 Å². The average Bonchev–Trinajstić information content (AvgIpc) is 2.47. The molecule has 0 bridgehead atoms. The molecule has 1 saturated carbocycles. The van der Waals surface area contributed by atoms with Gasteiger partial charge in [0.1, 0.15) is 0 Å². The zero-order valence-corrected chi connectivity index (χ0v) is 12.7. The summed E-state index contributed by atoms with van der Waals surface area (Å²) in [6, 6.07) is 3.99. The van der Waals surface area contributed by atoms with E-state index in [9.17, 15) is 4.79 Å². The van der Waals surface area contributed by atoms with Crippen LogP contribution >= 0.6 is 0 Å². The molecule has 4 heteroatoms. The molecule has 0 atom stereocenters. The molecule has 1 aromatic rings. The molecule has 4 N–H and O–H groups in total. The SMILES string of the molecule is CC1CCC(CNc2cc3c(cc2N)CCC(=O)N3)CC1. The molecular formula is C17H25N3O. The standard InChI is InChI=1S/C17H25N3O/c1-11-2-4-12(5-3-11)10-19-16-9-15-13(8-14(16)18)6-7-17(21)20-15/h8-9,11-12,19H,2-7,10,18H2,1H3,(H,20,21). The van der Waals surface area contributed by atoms with Gasteiger partial charge in [-0.05, 0) is 48.8 Å². The number of rotatable bonds is 3. The third-order valence-corrected chi connectivity index (χ3v) is 4.89. The predicted molar refractivity (Wildman–Crippen MR) is 87.4 cm³/mol. The van der Waals surface area contributed by atoms with Crippen LogP contribution in [0.25, 0.3) is 0 Å². The molecule has 0 aromatic heterocycles. The Kier molecular flexibility index (Phi) is 4.04. The molecule has 1 amide bonds. The first-order chi connectivity index (χ1) is 10.1. The molecule has 2 aliphatic rings. The molecule has 0 spiro atoms. The van der Waals surface area contributed by atoms with Crippen LogP contribution in [0.15, 0.2) is 12.1 Å². The molecule has 1 aliphatic heterocycles. The Morgan fingerprint density at radius 2 is 2.00 bits per heavy atom. The van der Waals surface area contributed by atoms with Crippen LogP contribution in [0.5, 0.6) is 0 Å². The maximum atomic E-state index is 11.5. The van der Waals surface area contributed by atoms with Crippen LogP contribution in [0.1, 0.15) is 44.6 Å². The summed E-state index contributed by atoms with van der Waals surface area (Å²) in [7, 11) is 0. The van der Waals surface area contributed by atoms with E-state index in [1.807, 2.05) is 12.1 Å². The van der Waals surface area contributed by atoms with E-state index in [2.05, 4.69) is 17.6 Å². The van der Waals surface area contributed by atoms with Gasteiger partial charge in [0.25, 0.3) is 0 Å². The maximum absolute atomic E-state index is 11.5. The van der Waals surface area contributed by atoms with Crippen molar-refractivity contribution in [3.63, 3.8) is 0 Å². The lowest BCUT2D eigenvalue weighted by atomic mass is 9.83. The number of nitrogen functional groups attached to an aromatic ring is 1. The number of fused-ring (bicyclic) bond motifs is 1. The summed E-state index contributed by atoms with van der Waals surface area (Å²) in [5, 5.41) is 6.42. The number of benzene rings is 1. The van der Waals surface area contributed by atoms with Crippen molar-refractivity contribution < 1.29 is 4.79 Å². The zero-order valence-electron chi connectivity index (χ0n) is 12.7. The van der Waals surface area contributed by atoms with Crippen LogP contribution in [0.3, 0.4) is 0 Å². The number of hydrogen-bond acceptors (Lipinski definition) is 3. The van der Waals surface area contributed by atoms with Gasteiger partial charge in [0.2, 0.25) is 5.91 Å². The third kappa shape index (κ3) is 3.31. The fourth-order valence-corrected chi connectivity index (χ4v) is 3.39. The van der Waals surface area contributed by atoms with Crippen molar-refractivity contribution in [1.82, 2.24) is 0 Å². The van der Waals surface area contributed by atoms with E-state index in [-0.39, 0.29) is 5.91 Å². The smallest absolute Gasteiger partial charge is 0.224 e. The Hall–Kier alpha value is -1.71. The van der Waals surface area contributed by atoms with Gasteiger partial charge in [0, 0.05) is 18.7 Å². The van der Waals surface area contributed by atoms with E-state index < -0.39 is 0 Å². The highest BCUT2D eigenvalue weighted by atomic mass is 16.1. The Balaban J connectivity index is 1.65. The van der Waals surface area contributed by atoms with Crippen LogP contribution < -0.4 is 16.4 Å². The van der Waals surface area contributed by atoms with Gasteiger partial charge >= 0.3 is 0 Å². The van der Waals surface area contributed by atoms with Crippen molar-refractivity contribution in [3.8, 4) is 0 Å². The fourth-order valence-electron chi connectivity index (χ4n) is 3.39. The van der Waals surface area contributed by atoms with Gasteiger partial charge in [-0.3, -0.25) is 4.79 Å². The largest absolute Gasteiger partial charge is 0.397 e. The molecule has 1 heterocycles. The second-order valence-electron chi connectivity index (χ2n) is 6.65. The molecule has 4 nitrogen and oxygen atoms in total. The summed E-state index contributed by atoms with van der Waals surface area (Å²) in [6.45, 7) is 3.32. The number of nitrogens with one attached hydrogen (secondary N) is 2. The highest BCUT2D eigenvalue weighted by molar-refractivity contribution is 5.95. The van der Waals surface area contributed by atoms with Crippen LogP contribution in [0.4, 0.5) is 17.1 Å². The Bertz CT molecular complexity index is 533. The van der Waals surface area contributed by atoms with Gasteiger partial charge in [0.05, 0.1) is 11.4 Å². The lowest BCUT2D eigenvalue weighted by Crippen LogP contribution is -2.22. The van der Waals surface area contributed by atoms with Crippen LogP contribution in [0.2, 0.25) is 0 Å². The van der Waals surface area contributed by atoms with E-state index in [0.717, 1.165) is 47.4 Å². The van der Waals surface area contributed by atoms with Crippen molar-refractivity contribution in [2.24, 2.45) is 11.8 Å². The van der Waals surface area contributed by atoms with Gasteiger partial charge in [-0.1, -0.05) is 19.8 Å². The predicted octanol–water partition coefficient (Wildman–Crippen LogP) is 3.39. The van der Waals surface area contributed by atoms with Gasteiger partial charge in [-0.2, -0.15) is 0 Å². The number of hydrogen-bond donors (Lipinski definition) is 3. The summed E-state index contributed by atoms with van der Waals surface area (Å²) < 4.78 is 0. The van der Waals surface area contributed by atoms with E-state index in [1.54, 1.807) is 0 Å². The first kappa shape index (κ1) is 14.2. The normalized spacial score (nSPS) is 25.1. The van der Waals surface area contributed by atoms with Gasteiger partial charge in [-0.15, -0.1) is 0 Å². The summed E-state index contributed by atoms with van der Waals surface area (Å²) in [5.41, 5.74) is 9.94.